The summed E-state index contributed by atoms with van der Waals surface area (Å²) in [4.78, 5) is 0.0704. The van der Waals surface area contributed by atoms with Crippen molar-refractivity contribution in [1.82, 2.24) is 0 Å². The van der Waals surface area contributed by atoms with Crippen LogP contribution in [-0.4, -0.2) is 14.6 Å². The highest BCUT2D eigenvalue weighted by Crippen LogP contribution is 2.12. The van der Waals surface area contributed by atoms with Gasteiger partial charge in [0.15, 0.2) is 0 Å². The largest absolute Gasteiger partial charge is 0.279 e. The van der Waals surface area contributed by atoms with Crippen molar-refractivity contribution in [3.05, 3.63) is 66.2 Å². The number of allylic oxidation sites excluding steroid dienone is 1. The van der Waals surface area contributed by atoms with Crippen LogP contribution in [0.15, 0.2) is 70.7 Å². The summed E-state index contributed by atoms with van der Waals surface area (Å²) in [6, 6.07) is 15.9. The number of anilines is 1. The van der Waals surface area contributed by atoms with Crippen LogP contribution in [0.4, 0.5) is 5.69 Å². The lowest BCUT2D eigenvalue weighted by atomic mass is 10.2. The normalized spacial score (nSPS) is 12.0. The zero-order chi connectivity index (χ0) is 15.1. The molecule has 108 valence electrons. The maximum absolute atomic E-state index is 11.1. The van der Waals surface area contributed by atoms with Crippen molar-refractivity contribution < 1.29 is 8.42 Å². The van der Waals surface area contributed by atoms with Crippen LogP contribution in [-0.2, 0) is 10.0 Å². The number of benzene rings is 2. The molecule has 0 aliphatic heterocycles. The van der Waals surface area contributed by atoms with Gasteiger partial charge in [0.05, 0.1) is 10.6 Å². The van der Waals surface area contributed by atoms with Crippen LogP contribution >= 0.6 is 0 Å². The molecule has 0 fully saturated rings. The fraction of sp³-hybridized carbons (Fsp3) is 0. The lowest BCUT2D eigenvalue weighted by Crippen LogP contribution is -2.11. The Morgan fingerprint density at radius 2 is 1.67 bits per heavy atom. The number of primary sulfonamides is 1. The van der Waals surface area contributed by atoms with Crippen LogP contribution in [0.5, 0.6) is 0 Å². The number of rotatable bonds is 5. The van der Waals surface area contributed by atoms with E-state index in [-0.39, 0.29) is 4.90 Å². The van der Waals surface area contributed by atoms with E-state index in [9.17, 15) is 8.42 Å². The van der Waals surface area contributed by atoms with Crippen LogP contribution in [0.3, 0.4) is 0 Å². The van der Waals surface area contributed by atoms with Crippen LogP contribution in [0.1, 0.15) is 5.56 Å². The van der Waals surface area contributed by atoms with Gasteiger partial charge < -0.3 is 0 Å². The molecule has 0 aliphatic rings. The van der Waals surface area contributed by atoms with Crippen molar-refractivity contribution in [2.45, 2.75) is 4.90 Å². The van der Waals surface area contributed by atoms with Gasteiger partial charge in [0.1, 0.15) is 0 Å². The van der Waals surface area contributed by atoms with E-state index in [0.29, 0.717) is 5.69 Å². The zero-order valence-electron chi connectivity index (χ0n) is 11.2. The lowest BCUT2D eigenvalue weighted by molar-refractivity contribution is 0.598. The second-order valence-corrected chi connectivity index (χ2v) is 5.79. The van der Waals surface area contributed by atoms with E-state index >= 15 is 0 Å². The molecule has 0 unspecified atom stereocenters. The first-order valence-corrected chi connectivity index (χ1v) is 7.74. The molecule has 0 saturated heterocycles. The molecule has 2 aromatic rings. The van der Waals surface area contributed by atoms with Crippen molar-refractivity contribution in [3.8, 4) is 0 Å². The van der Waals surface area contributed by atoms with Crippen LogP contribution in [0.2, 0.25) is 0 Å². The summed E-state index contributed by atoms with van der Waals surface area (Å²) in [6.45, 7) is 0. The van der Waals surface area contributed by atoms with Crippen LogP contribution in [0.25, 0.3) is 6.08 Å². The maximum atomic E-state index is 11.1. The second-order valence-electron chi connectivity index (χ2n) is 4.23. The monoisotopic (exact) mass is 301 g/mol. The van der Waals surface area contributed by atoms with E-state index < -0.39 is 10.0 Å². The lowest BCUT2D eigenvalue weighted by Gasteiger charge is -2.01. The van der Waals surface area contributed by atoms with Gasteiger partial charge in [0, 0.05) is 6.21 Å². The van der Waals surface area contributed by atoms with Gasteiger partial charge in [-0.25, -0.2) is 13.6 Å². The molecule has 6 heteroatoms. The fourth-order valence-corrected chi connectivity index (χ4v) is 2.11. The van der Waals surface area contributed by atoms with Gasteiger partial charge in [-0.15, -0.1) is 0 Å². The molecule has 0 amide bonds. The van der Waals surface area contributed by atoms with Gasteiger partial charge >= 0.3 is 0 Å². The maximum Gasteiger partial charge on any atom is 0.238 e. The Hall–Kier alpha value is -2.44. The Morgan fingerprint density at radius 3 is 2.29 bits per heavy atom. The first-order valence-electron chi connectivity index (χ1n) is 6.19. The summed E-state index contributed by atoms with van der Waals surface area (Å²) in [7, 11) is -3.66. The smallest absolute Gasteiger partial charge is 0.238 e. The van der Waals surface area contributed by atoms with Crippen molar-refractivity contribution >= 4 is 28.0 Å². The average molecular weight is 301 g/mol. The van der Waals surface area contributed by atoms with E-state index in [2.05, 4.69) is 10.5 Å². The molecule has 2 aromatic carbocycles. The average Bonchev–Trinajstić information content (AvgIpc) is 2.47. The van der Waals surface area contributed by atoms with Gasteiger partial charge in [-0.05, 0) is 35.9 Å². The predicted octanol–water partition coefficient (Wildman–Crippen LogP) is 2.45. The first kappa shape index (κ1) is 15.0. The molecule has 21 heavy (non-hydrogen) atoms. The minimum atomic E-state index is -3.66. The standard InChI is InChI=1S/C15H15N3O2S/c16-21(19,20)15-10-8-14(9-11-15)18-17-12-4-7-13-5-2-1-3-6-13/h1-12,18H,(H2,16,19,20)/b7-4+,17-12-. The van der Waals surface area contributed by atoms with Gasteiger partial charge in [0.25, 0.3) is 0 Å². The Labute approximate surface area is 123 Å². The van der Waals surface area contributed by atoms with Gasteiger partial charge in [-0.2, -0.15) is 5.10 Å². The molecule has 0 radical (unpaired) electrons. The molecule has 0 saturated carbocycles. The zero-order valence-corrected chi connectivity index (χ0v) is 12.0. The number of hydrogen-bond donors (Lipinski definition) is 2. The first-order chi connectivity index (χ1) is 10.1. The molecule has 0 aromatic heterocycles. The van der Waals surface area contributed by atoms with Crippen molar-refractivity contribution in [3.63, 3.8) is 0 Å². The van der Waals surface area contributed by atoms with Crippen molar-refractivity contribution in [1.29, 1.82) is 0 Å². The van der Waals surface area contributed by atoms with Crippen LogP contribution in [0, 0.1) is 0 Å². The van der Waals surface area contributed by atoms with E-state index in [4.69, 9.17) is 5.14 Å². The van der Waals surface area contributed by atoms with Crippen molar-refractivity contribution in [2.24, 2.45) is 10.2 Å². The number of nitrogens with one attached hydrogen (secondary N) is 1. The van der Waals surface area contributed by atoms with Gasteiger partial charge in [-0.1, -0.05) is 36.4 Å². The Bertz CT molecular complexity index is 736. The third kappa shape index (κ3) is 4.87. The van der Waals surface area contributed by atoms with E-state index in [1.807, 2.05) is 36.4 Å². The Balaban J connectivity index is 1.91. The molecule has 2 rings (SSSR count). The third-order valence-corrected chi connectivity index (χ3v) is 3.55. The van der Waals surface area contributed by atoms with Gasteiger partial charge in [-0.3, -0.25) is 5.43 Å². The molecule has 0 atom stereocenters. The highest BCUT2D eigenvalue weighted by atomic mass is 32.2. The molecule has 0 bridgehead atoms. The minimum absolute atomic E-state index is 0.0704. The minimum Gasteiger partial charge on any atom is -0.279 e. The summed E-state index contributed by atoms with van der Waals surface area (Å²) < 4.78 is 22.2. The summed E-state index contributed by atoms with van der Waals surface area (Å²) >= 11 is 0. The molecule has 0 aliphatic carbocycles. The molecule has 0 heterocycles. The van der Waals surface area contributed by atoms with Gasteiger partial charge in [0.2, 0.25) is 10.0 Å². The van der Waals surface area contributed by atoms with E-state index in [1.54, 1.807) is 24.4 Å². The SMILES string of the molecule is NS(=O)(=O)c1ccc(N/N=C\C=C\c2ccccc2)cc1. The fourth-order valence-electron chi connectivity index (χ4n) is 1.59. The quantitative estimate of drug-likeness (QED) is 0.657. The molecular formula is C15H15N3O2S. The summed E-state index contributed by atoms with van der Waals surface area (Å²) in [5.41, 5.74) is 4.55. The second kappa shape index (κ2) is 6.83. The Morgan fingerprint density at radius 1 is 1.00 bits per heavy atom. The third-order valence-electron chi connectivity index (χ3n) is 2.63. The topological polar surface area (TPSA) is 84.5 Å². The number of hydrogen-bond acceptors (Lipinski definition) is 4. The Kier molecular flexibility index (Phi) is 4.86. The molecule has 5 nitrogen and oxygen atoms in total. The number of nitrogens with two attached hydrogens (primary N) is 1. The molecular weight excluding hydrogens is 286 g/mol. The van der Waals surface area contributed by atoms with Crippen LogP contribution < -0.4 is 10.6 Å². The molecule has 0 spiro atoms. The highest BCUT2D eigenvalue weighted by Gasteiger charge is 2.05. The number of sulfonamides is 1. The number of hydrazone groups is 1. The van der Waals surface area contributed by atoms with Crippen molar-refractivity contribution in [2.75, 3.05) is 5.43 Å². The summed E-state index contributed by atoms with van der Waals surface area (Å²) in [6.07, 6.45) is 5.34. The highest BCUT2D eigenvalue weighted by molar-refractivity contribution is 7.89. The predicted molar refractivity (Wildman–Crippen MR) is 85.4 cm³/mol. The summed E-state index contributed by atoms with van der Waals surface area (Å²) in [5, 5.41) is 9.02. The summed E-state index contributed by atoms with van der Waals surface area (Å²) in [5.74, 6) is 0. The number of nitrogens with zero attached hydrogens (tertiary/aromatic N) is 1. The van der Waals surface area contributed by atoms with E-state index in [0.717, 1.165) is 5.56 Å². The molecule has 3 N–H and O–H groups in total. The van der Waals surface area contributed by atoms with E-state index in [1.165, 1.54) is 12.1 Å².